The van der Waals surface area contributed by atoms with Gasteiger partial charge in [-0.15, -0.1) is 0 Å². The van der Waals surface area contributed by atoms with Gasteiger partial charge in [0.25, 0.3) is 0 Å². The third-order valence-corrected chi connectivity index (χ3v) is 2.96. The maximum atomic E-state index is 13.3. The van der Waals surface area contributed by atoms with Gasteiger partial charge in [0.15, 0.2) is 0 Å². The van der Waals surface area contributed by atoms with E-state index in [9.17, 15) is 4.39 Å². The first-order chi connectivity index (χ1) is 9.25. The zero-order valence-electron chi connectivity index (χ0n) is 10.4. The van der Waals surface area contributed by atoms with Crippen molar-refractivity contribution in [3.8, 4) is 16.9 Å². The topological polar surface area (TPSA) is 30.7 Å². The Labute approximate surface area is 110 Å². The molecule has 0 radical (unpaired) electrons. The van der Waals surface area contributed by atoms with Crippen LogP contribution in [-0.4, -0.2) is 14.8 Å². The number of nitrogens with zero attached hydrogens (tertiary/aromatic N) is 3. The van der Waals surface area contributed by atoms with Gasteiger partial charge in [-0.3, -0.25) is 4.98 Å². The number of aryl methyl sites for hydroxylation is 1. The van der Waals surface area contributed by atoms with Crippen LogP contribution >= 0.6 is 0 Å². The Bertz CT molecular complexity index is 704. The van der Waals surface area contributed by atoms with Crippen LogP contribution in [0.3, 0.4) is 0 Å². The second kappa shape index (κ2) is 4.65. The van der Waals surface area contributed by atoms with Crippen molar-refractivity contribution in [3.05, 3.63) is 66.4 Å². The maximum Gasteiger partial charge on any atom is 0.125 e. The molecule has 3 nitrogen and oxygen atoms in total. The third kappa shape index (κ3) is 2.12. The predicted molar refractivity (Wildman–Crippen MR) is 71.5 cm³/mol. The van der Waals surface area contributed by atoms with Crippen LogP contribution in [0.25, 0.3) is 16.9 Å². The van der Waals surface area contributed by atoms with Gasteiger partial charge in [0, 0.05) is 18.0 Å². The molecule has 0 saturated heterocycles. The van der Waals surface area contributed by atoms with Crippen LogP contribution < -0.4 is 0 Å². The van der Waals surface area contributed by atoms with Crippen LogP contribution in [0.2, 0.25) is 0 Å². The molecule has 0 aliphatic heterocycles. The van der Waals surface area contributed by atoms with Gasteiger partial charge in [0.1, 0.15) is 5.82 Å². The number of pyridine rings is 1. The fraction of sp³-hybridized carbons (Fsp3) is 0.0667. The molecule has 0 N–H and O–H groups in total. The molecule has 0 unspecified atom stereocenters. The smallest absolute Gasteiger partial charge is 0.125 e. The van der Waals surface area contributed by atoms with Crippen molar-refractivity contribution in [2.45, 2.75) is 6.92 Å². The van der Waals surface area contributed by atoms with E-state index in [1.54, 1.807) is 29.3 Å². The molecule has 0 amide bonds. The van der Waals surface area contributed by atoms with Crippen LogP contribution in [0.5, 0.6) is 0 Å². The molecule has 3 rings (SSSR count). The summed E-state index contributed by atoms with van der Waals surface area (Å²) < 4.78 is 15.1. The number of aromatic nitrogens is 3. The highest BCUT2D eigenvalue weighted by atomic mass is 19.1. The molecule has 2 heterocycles. The lowest BCUT2D eigenvalue weighted by atomic mass is 10.1. The minimum Gasteiger partial charge on any atom is -0.265 e. The highest BCUT2D eigenvalue weighted by molar-refractivity contribution is 5.64. The minimum atomic E-state index is -0.272. The van der Waals surface area contributed by atoms with Crippen LogP contribution in [0.15, 0.2) is 55.0 Å². The molecule has 19 heavy (non-hydrogen) atoms. The summed E-state index contributed by atoms with van der Waals surface area (Å²) >= 11 is 0. The largest absolute Gasteiger partial charge is 0.265 e. The molecule has 1 aromatic carbocycles. The van der Waals surface area contributed by atoms with Crippen molar-refractivity contribution in [1.82, 2.24) is 14.8 Å². The molecule has 0 aliphatic rings. The number of hydrogen-bond donors (Lipinski definition) is 0. The number of hydrogen-bond acceptors (Lipinski definition) is 2. The van der Waals surface area contributed by atoms with Gasteiger partial charge < -0.3 is 0 Å². The first-order valence-electron chi connectivity index (χ1n) is 5.96. The Morgan fingerprint density at radius 2 is 1.89 bits per heavy atom. The van der Waals surface area contributed by atoms with Crippen molar-refractivity contribution < 1.29 is 4.39 Å². The molecule has 3 aromatic rings. The van der Waals surface area contributed by atoms with Crippen molar-refractivity contribution >= 4 is 0 Å². The molecule has 0 atom stereocenters. The van der Waals surface area contributed by atoms with Crippen LogP contribution in [0.4, 0.5) is 4.39 Å². The average molecular weight is 253 g/mol. The highest BCUT2D eigenvalue weighted by Crippen LogP contribution is 2.25. The highest BCUT2D eigenvalue weighted by Gasteiger charge is 2.11. The van der Waals surface area contributed by atoms with E-state index in [1.807, 2.05) is 25.1 Å². The van der Waals surface area contributed by atoms with Crippen LogP contribution in [0, 0.1) is 12.7 Å². The Morgan fingerprint density at radius 3 is 2.63 bits per heavy atom. The van der Waals surface area contributed by atoms with E-state index in [0.29, 0.717) is 5.69 Å². The lowest BCUT2D eigenvalue weighted by Gasteiger charge is -2.08. The summed E-state index contributed by atoms with van der Waals surface area (Å²) in [5, 5.41) is 4.33. The molecule has 2 aromatic heterocycles. The summed E-state index contributed by atoms with van der Waals surface area (Å²) in [6.07, 6.45) is 5.25. The predicted octanol–water partition coefficient (Wildman–Crippen LogP) is 3.38. The van der Waals surface area contributed by atoms with Crippen LogP contribution in [-0.2, 0) is 0 Å². The summed E-state index contributed by atoms with van der Waals surface area (Å²) in [6.45, 7) is 1.98. The lowest BCUT2D eigenvalue weighted by Crippen LogP contribution is -2.00. The summed E-state index contributed by atoms with van der Waals surface area (Å²) in [7, 11) is 0. The minimum absolute atomic E-state index is 0.272. The Kier molecular flexibility index (Phi) is 2.83. The van der Waals surface area contributed by atoms with E-state index in [-0.39, 0.29) is 5.82 Å². The van der Waals surface area contributed by atoms with Crippen molar-refractivity contribution in [2.75, 3.05) is 0 Å². The third-order valence-electron chi connectivity index (χ3n) is 2.96. The fourth-order valence-electron chi connectivity index (χ4n) is 2.09. The quantitative estimate of drug-likeness (QED) is 0.701. The molecule has 94 valence electrons. The lowest BCUT2D eigenvalue weighted by molar-refractivity contribution is 0.625. The molecule has 0 spiro atoms. The Morgan fingerprint density at radius 1 is 1.11 bits per heavy atom. The number of rotatable bonds is 2. The monoisotopic (exact) mass is 253 g/mol. The SMILES string of the molecule is Cc1cnn(-c2cccc(F)c2)c1-c1ccncc1. The van der Waals surface area contributed by atoms with Crippen molar-refractivity contribution in [2.24, 2.45) is 0 Å². The zero-order chi connectivity index (χ0) is 13.2. The first-order valence-corrected chi connectivity index (χ1v) is 5.96. The van der Waals surface area contributed by atoms with E-state index >= 15 is 0 Å². The van der Waals surface area contributed by atoms with Crippen molar-refractivity contribution in [3.63, 3.8) is 0 Å². The molecule has 0 saturated carbocycles. The molecule has 4 heteroatoms. The summed E-state index contributed by atoms with van der Waals surface area (Å²) in [5.74, 6) is -0.272. The average Bonchev–Trinajstić information content (AvgIpc) is 2.82. The van der Waals surface area contributed by atoms with Gasteiger partial charge in [-0.1, -0.05) is 6.07 Å². The van der Waals surface area contributed by atoms with Gasteiger partial charge in [0.2, 0.25) is 0 Å². The van der Waals surface area contributed by atoms with Gasteiger partial charge in [-0.25, -0.2) is 9.07 Å². The van der Waals surface area contributed by atoms with E-state index < -0.39 is 0 Å². The number of halogens is 1. The summed E-state index contributed by atoms with van der Waals surface area (Å²) in [6, 6.07) is 10.2. The van der Waals surface area contributed by atoms with E-state index in [4.69, 9.17) is 0 Å². The first kappa shape index (κ1) is 11.6. The van der Waals surface area contributed by atoms with Gasteiger partial charge in [-0.2, -0.15) is 5.10 Å². The number of benzene rings is 1. The second-order valence-electron chi connectivity index (χ2n) is 4.30. The van der Waals surface area contributed by atoms with E-state index in [1.165, 1.54) is 12.1 Å². The summed E-state index contributed by atoms with van der Waals surface area (Å²) in [4.78, 5) is 4.01. The van der Waals surface area contributed by atoms with Crippen molar-refractivity contribution in [1.29, 1.82) is 0 Å². The van der Waals surface area contributed by atoms with Gasteiger partial charge in [-0.05, 0) is 42.8 Å². The Hall–Kier alpha value is -2.49. The zero-order valence-corrected chi connectivity index (χ0v) is 10.4. The molecule has 0 fully saturated rings. The molecule has 0 bridgehead atoms. The normalized spacial score (nSPS) is 10.6. The van der Waals surface area contributed by atoms with Gasteiger partial charge in [0.05, 0.1) is 17.6 Å². The van der Waals surface area contributed by atoms with E-state index in [0.717, 1.165) is 16.8 Å². The molecular weight excluding hydrogens is 241 g/mol. The molecule has 0 aliphatic carbocycles. The van der Waals surface area contributed by atoms with Gasteiger partial charge >= 0.3 is 0 Å². The summed E-state index contributed by atoms with van der Waals surface area (Å²) in [5.41, 5.74) is 3.71. The fourth-order valence-corrected chi connectivity index (χ4v) is 2.09. The molecular formula is C15H12FN3. The Balaban J connectivity index is 2.19. The van der Waals surface area contributed by atoms with Crippen LogP contribution in [0.1, 0.15) is 5.56 Å². The second-order valence-corrected chi connectivity index (χ2v) is 4.30. The standard InChI is InChI=1S/C15H12FN3/c1-11-10-18-19(14-4-2-3-13(16)9-14)15(11)12-5-7-17-8-6-12/h2-10H,1H3. The van der Waals surface area contributed by atoms with E-state index in [2.05, 4.69) is 10.1 Å². The maximum absolute atomic E-state index is 13.3.